The molecular weight excluding hydrogens is 256 g/mol. The molecule has 2 aromatic rings. The molecule has 0 bridgehead atoms. The summed E-state index contributed by atoms with van der Waals surface area (Å²) in [6.07, 6.45) is 3.31. The van der Waals surface area contributed by atoms with E-state index in [0.29, 0.717) is 6.54 Å². The molecule has 2 rings (SSSR count). The van der Waals surface area contributed by atoms with E-state index in [4.69, 9.17) is 0 Å². The van der Waals surface area contributed by atoms with Crippen molar-refractivity contribution >= 4 is 11.3 Å². The Labute approximate surface area is 118 Å². The Balaban J connectivity index is 2.06. The molecule has 1 N–H and O–H groups in total. The van der Waals surface area contributed by atoms with Crippen molar-refractivity contribution in [2.75, 3.05) is 6.54 Å². The summed E-state index contributed by atoms with van der Waals surface area (Å²) in [6.45, 7) is 6.38. The molecule has 0 fully saturated rings. The van der Waals surface area contributed by atoms with E-state index in [2.05, 4.69) is 28.3 Å². The fraction of sp³-hybridized carbons (Fsp3) is 0.400. The fourth-order valence-electron chi connectivity index (χ4n) is 2.07. The second kappa shape index (κ2) is 6.80. The van der Waals surface area contributed by atoms with Crippen molar-refractivity contribution < 1.29 is 5.11 Å². The third-order valence-corrected chi connectivity index (χ3v) is 4.02. The summed E-state index contributed by atoms with van der Waals surface area (Å²) in [5.41, 5.74) is 2.56. The Morgan fingerprint density at radius 2 is 2.00 bits per heavy atom. The Morgan fingerprint density at radius 1 is 1.26 bits per heavy atom. The van der Waals surface area contributed by atoms with E-state index in [1.807, 2.05) is 31.5 Å². The smallest absolute Gasteiger partial charge is 0.0639 e. The Morgan fingerprint density at radius 3 is 2.58 bits per heavy atom. The van der Waals surface area contributed by atoms with Gasteiger partial charge in [0, 0.05) is 36.9 Å². The zero-order valence-corrected chi connectivity index (χ0v) is 12.2. The highest BCUT2D eigenvalue weighted by Crippen LogP contribution is 2.19. The maximum atomic E-state index is 9.65. The highest BCUT2D eigenvalue weighted by molar-refractivity contribution is 7.10. The predicted octanol–water partition coefficient (Wildman–Crippen LogP) is 2.83. The first-order chi connectivity index (χ1) is 9.15. The van der Waals surface area contributed by atoms with Gasteiger partial charge in [-0.25, -0.2) is 0 Å². The summed E-state index contributed by atoms with van der Waals surface area (Å²) >= 11 is 1.78. The number of rotatable bonds is 6. The highest BCUT2D eigenvalue weighted by Gasteiger charge is 2.12. The largest absolute Gasteiger partial charge is 0.392 e. The molecule has 0 aliphatic heterocycles. The number of aliphatic hydroxyl groups is 1. The van der Waals surface area contributed by atoms with Crippen LogP contribution in [0.1, 0.15) is 22.9 Å². The fourth-order valence-corrected chi connectivity index (χ4v) is 3.02. The third kappa shape index (κ3) is 4.42. The number of hydrogen-bond donors (Lipinski definition) is 1. The van der Waals surface area contributed by atoms with Crippen molar-refractivity contribution in [2.45, 2.75) is 33.0 Å². The molecule has 0 amide bonds. The van der Waals surface area contributed by atoms with Crippen LogP contribution >= 0.6 is 11.3 Å². The Kier molecular flexibility index (Phi) is 5.07. The second-order valence-corrected chi connectivity index (χ2v) is 5.90. The molecule has 1 atom stereocenters. The van der Waals surface area contributed by atoms with Gasteiger partial charge < -0.3 is 5.11 Å². The van der Waals surface area contributed by atoms with Gasteiger partial charge in [0.1, 0.15) is 0 Å². The molecule has 0 radical (unpaired) electrons. The van der Waals surface area contributed by atoms with Gasteiger partial charge in [0.25, 0.3) is 0 Å². The number of nitrogens with zero attached hydrogens (tertiary/aromatic N) is 2. The average molecular weight is 276 g/mol. The van der Waals surface area contributed by atoms with Gasteiger partial charge in [0.2, 0.25) is 0 Å². The average Bonchev–Trinajstić information content (AvgIpc) is 2.75. The van der Waals surface area contributed by atoms with Gasteiger partial charge in [0.15, 0.2) is 0 Å². The standard InChI is InChI=1S/C15H20N2OS/c1-12-5-8-19-15(12)11-17(9-13(2)18)10-14-3-6-16-7-4-14/h3-8,13,18H,9-11H2,1-2H3. The first kappa shape index (κ1) is 14.2. The van der Waals surface area contributed by atoms with Crippen LogP contribution in [0.3, 0.4) is 0 Å². The van der Waals surface area contributed by atoms with E-state index < -0.39 is 0 Å². The summed E-state index contributed by atoms with van der Waals surface area (Å²) < 4.78 is 0. The summed E-state index contributed by atoms with van der Waals surface area (Å²) in [5.74, 6) is 0. The van der Waals surface area contributed by atoms with Crippen LogP contribution in [0.2, 0.25) is 0 Å². The molecule has 4 heteroatoms. The van der Waals surface area contributed by atoms with E-state index in [9.17, 15) is 5.11 Å². The molecule has 0 saturated heterocycles. The molecule has 2 heterocycles. The van der Waals surface area contributed by atoms with Crippen LogP contribution in [-0.2, 0) is 13.1 Å². The normalized spacial score (nSPS) is 12.8. The van der Waals surface area contributed by atoms with Gasteiger partial charge in [0.05, 0.1) is 6.10 Å². The monoisotopic (exact) mass is 276 g/mol. The van der Waals surface area contributed by atoms with E-state index in [1.54, 1.807) is 11.3 Å². The molecular formula is C15H20N2OS. The molecule has 2 aromatic heterocycles. The molecule has 0 aromatic carbocycles. The molecule has 0 aliphatic rings. The van der Waals surface area contributed by atoms with E-state index in [0.717, 1.165) is 13.1 Å². The molecule has 19 heavy (non-hydrogen) atoms. The number of hydrogen-bond acceptors (Lipinski definition) is 4. The minimum absolute atomic E-state index is 0.317. The maximum absolute atomic E-state index is 9.65. The molecule has 0 aliphatic carbocycles. The second-order valence-electron chi connectivity index (χ2n) is 4.90. The number of pyridine rings is 1. The summed E-state index contributed by atoms with van der Waals surface area (Å²) in [4.78, 5) is 7.68. The van der Waals surface area contributed by atoms with Gasteiger partial charge in [-0.2, -0.15) is 0 Å². The number of aryl methyl sites for hydroxylation is 1. The zero-order valence-electron chi connectivity index (χ0n) is 11.4. The van der Waals surface area contributed by atoms with Crippen LogP contribution < -0.4 is 0 Å². The molecule has 102 valence electrons. The minimum atomic E-state index is -0.317. The number of aromatic nitrogens is 1. The van der Waals surface area contributed by atoms with Crippen molar-refractivity contribution in [3.8, 4) is 0 Å². The Bertz CT molecular complexity index is 496. The number of thiophene rings is 1. The van der Waals surface area contributed by atoms with Crippen LogP contribution in [0.25, 0.3) is 0 Å². The molecule has 0 saturated carbocycles. The highest BCUT2D eigenvalue weighted by atomic mass is 32.1. The van der Waals surface area contributed by atoms with Gasteiger partial charge in [-0.05, 0) is 48.6 Å². The third-order valence-electron chi connectivity index (χ3n) is 3.01. The minimum Gasteiger partial charge on any atom is -0.392 e. The van der Waals surface area contributed by atoms with Crippen molar-refractivity contribution in [1.82, 2.24) is 9.88 Å². The topological polar surface area (TPSA) is 36.4 Å². The summed E-state index contributed by atoms with van der Waals surface area (Å²) in [7, 11) is 0. The lowest BCUT2D eigenvalue weighted by Crippen LogP contribution is -2.30. The SMILES string of the molecule is Cc1ccsc1CN(Cc1ccncc1)CC(C)O. The van der Waals surface area contributed by atoms with Gasteiger partial charge in [-0.3, -0.25) is 9.88 Å². The van der Waals surface area contributed by atoms with Crippen LogP contribution in [0.5, 0.6) is 0 Å². The first-order valence-electron chi connectivity index (χ1n) is 6.47. The van der Waals surface area contributed by atoms with Crippen molar-refractivity contribution in [3.05, 3.63) is 52.0 Å². The van der Waals surface area contributed by atoms with Crippen molar-refractivity contribution in [2.24, 2.45) is 0 Å². The van der Waals surface area contributed by atoms with Crippen LogP contribution in [-0.4, -0.2) is 27.6 Å². The van der Waals surface area contributed by atoms with Gasteiger partial charge >= 0.3 is 0 Å². The molecule has 3 nitrogen and oxygen atoms in total. The van der Waals surface area contributed by atoms with E-state index in [1.165, 1.54) is 16.0 Å². The quantitative estimate of drug-likeness (QED) is 0.881. The van der Waals surface area contributed by atoms with Gasteiger partial charge in [-0.1, -0.05) is 0 Å². The maximum Gasteiger partial charge on any atom is 0.0639 e. The van der Waals surface area contributed by atoms with Gasteiger partial charge in [-0.15, -0.1) is 11.3 Å². The van der Waals surface area contributed by atoms with Crippen LogP contribution in [0.15, 0.2) is 36.0 Å². The lowest BCUT2D eigenvalue weighted by molar-refractivity contribution is 0.118. The van der Waals surface area contributed by atoms with E-state index >= 15 is 0 Å². The molecule has 0 spiro atoms. The van der Waals surface area contributed by atoms with Crippen LogP contribution in [0.4, 0.5) is 0 Å². The van der Waals surface area contributed by atoms with Crippen molar-refractivity contribution in [3.63, 3.8) is 0 Å². The van der Waals surface area contributed by atoms with Crippen LogP contribution in [0, 0.1) is 6.92 Å². The Hall–Kier alpha value is -1.23. The number of aliphatic hydroxyl groups excluding tert-OH is 1. The first-order valence-corrected chi connectivity index (χ1v) is 7.35. The lowest BCUT2D eigenvalue weighted by atomic mass is 10.2. The van der Waals surface area contributed by atoms with E-state index in [-0.39, 0.29) is 6.10 Å². The lowest BCUT2D eigenvalue weighted by Gasteiger charge is -2.23. The zero-order chi connectivity index (χ0) is 13.7. The predicted molar refractivity (Wildman–Crippen MR) is 79.1 cm³/mol. The summed E-state index contributed by atoms with van der Waals surface area (Å²) in [6, 6.07) is 6.19. The van der Waals surface area contributed by atoms with Crippen molar-refractivity contribution in [1.29, 1.82) is 0 Å². The summed E-state index contributed by atoms with van der Waals surface area (Å²) in [5, 5.41) is 11.8. The molecule has 1 unspecified atom stereocenters.